The molecule has 0 rings (SSSR count). The summed E-state index contributed by atoms with van der Waals surface area (Å²) in [6.45, 7) is 6.94. The topological polar surface area (TPSA) is 40.5 Å². The molecule has 3 nitrogen and oxygen atoms in total. The summed E-state index contributed by atoms with van der Waals surface area (Å²) in [5.74, 6) is -0.275. The molecule has 1 amide bonds. The fourth-order valence-corrected chi connectivity index (χ4v) is 0.547. The van der Waals surface area contributed by atoms with Crippen LogP contribution in [0.2, 0.25) is 0 Å². The highest BCUT2D eigenvalue weighted by molar-refractivity contribution is 5.83. The third-order valence-corrected chi connectivity index (χ3v) is 0.930. The van der Waals surface area contributed by atoms with Crippen molar-refractivity contribution in [2.45, 2.75) is 33.3 Å². The van der Waals surface area contributed by atoms with Crippen LogP contribution in [0, 0.1) is 0 Å². The van der Waals surface area contributed by atoms with Crippen LogP contribution in [0.4, 0.5) is 0 Å². The average molecular weight is 161 g/mol. The summed E-state index contributed by atoms with van der Waals surface area (Å²) in [6.07, 6.45) is 0. The van der Waals surface area contributed by atoms with Gasteiger partial charge in [-0.3, -0.25) is 4.79 Å². The quantitative estimate of drug-likeness (QED) is 0.620. The lowest BCUT2D eigenvalue weighted by Gasteiger charge is -2.20. The molecule has 0 aromatic heterocycles. The van der Waals surface area contributed by atoms with Gasteiger partial charge < -0.3 is 10.0 Å². The number of carbonyl (C=O) groups excluding carboxylic acids is 1. The van der Waals surface area contributed by atoms with Gasteiger partial charge in [0.05, 0.1) is 0 Å². The van der Waals surface area contributed by atoms with Gasteiger partial charge in [-0.05, 0) is 13.8 Å². The Kier molecular flexibility index (Phi) is 6.09. The third-order valence-electron chi connectivity index (χ3n) is 0.930. The van der Waals surface area contributed by atoms with Gasteiger partial charge in [0.1, 0.15) is 5.60 Å². The van der Waals surface area contributed by atoms with E-state index in [1.165, 1.54) is 18.7 Å². The molecule has 3 heteroatoms. The van der Waals surface area contributed by atoms with E-state index in [1.54, 1.807) is 14.1 Å². The first-order chi connectivity index (χ1) is 4.85. The van der Waals surface area contributed by atoms with Crippen molar-refractivity contribution in [3.63, 3.8) is 0 Å². The lowest BCUT2D eigenvalue weighted by molar-refractivity contribution is -0.145. The van der Waals surface area contributed by atoms with E-state index in [1.807, 2.05) is 13.8 Å². The molecule has 0 unspecified atom stereocenters. The maximum Gasteiger partial charge on any atom is 0.253 e. The van der Waals surface area contributed by atoms with Crippen molar-refractivity contribution >= 4 is 5.91 Å². The van der Waals surface area contributed by atoms with Crippen molar-refractivity contribution in [2.24, 2.45) is 0 Å². The maximum atomic E-state index is 10.8. The van der Waals surface area contributed by atoms with Crippen LogP contribution in [0.5, 0.6) is 0 Å². The molecule has 0 heterocycles. The molecule has 0 bridgehead atoms. The van der Waals surface area contributed by atoms with E-state index in [2.05, 4.69) is 0 Å². The van der Waals surface area contributed by atoms with E-state index in [-0.39, 0.29) is 5.91 Å². The van der Waals surface area contributed by atoms with Crippen LogP contribution in [0.15, 0.2) is 0 Å². The van der Waals surface area contributed by atoms with Crippen molar-refractivity contribution in [3.8, 4) is 0 Å². The number of amides is 1. The molecule has 68 valence electrons. The maximum absolute atomic E-state index is 10.8. The molecular formula is C8H19NO2. The largest absolute Gasteiger partial charge is 0.381 e. The minimum Gasteiger partial charge on any atom is -0.381 e. The molecule has 11 heavy (non-hydrogen) atoms. The highest BCUT2D eigenvalue weighted by Crippen LogP contribution is 2.02. The summed E-state index contributed by atoms with van der Waals surface area (Å²) in [4.78, 5) is 12.2. The Hall–Kier alpha value is -0.570. The van der Waals surface area contributed by atoms with Gasteiger partial charge in [-0.15, -0.1) is 0 Å². The van der Waals surface area contributed by atoms with Gasteiger partial charge in [0.25, 0.3) is 5.91 Å². The summed E-state index contributed by atoms with van der Waals surface area (Å²) in [6, 6.07) is 0. The van der Waals surface area contributed by atoms with E-state index in [4.69, 9.17) is 5.11 Å². The Bertz CT molecular complexity index is 114. The zero-order valence-corrected chi connectivity index (χ0v) is 8.30. The van der Waals surface area contributed by atoms with Gasteiger partial charge in [0.2, 0.25) is 0 Å². The van der Waals surface area contributed by atoms with E-state index in [0.717, 1.165) is 0 Å². The monoisotopic (exact) mass is 161 g/mol. The van der Waals surface area contributed by atoms with Crippen molar-refractivity contribution < 1.29 is 9.90 Å². The molecule has 0 atom stereocenters. The van der Waals surface area contributed by atoms with Crippen molar-refractivity contribution in [1.29, 1.82) is 0 Å². The second-order valence-electron chi connectivity index (χ2n) is 2.76. The van der Waals surface area contributed by atoms with Gasteiger partial charge in [0, 0.05) is 14.1 Å². The summed E-state index contributed by atoms with van der Waals surface area (Å²) in [7, 11) is 3.22. The molecule has 0 radical (unpaired) electrons. The van der Waals surface area contributed by atoms with Crippen molar-refractivity contribution in [1.82, 2.24) is 4.90 Å². The number of hydrogen-bond donors (Lipinski definition) is 1. The van der Waals surface area contributed by atoms with Gasteiger partial charge in [-0.2, -0.15) is 0 Å². The predicted molar refractivity (Wildman–Crippen MR) is 46.3 cm³/mol. The van der Waals surface area contributed by atoms with E-state index < -0.39 is 5.60 Å². The lowest BCUT2D eigenvalue weighted by Crippen LogP contribution is -2.40. The Morgan fingerprint density at radius 2 is 1.55 bits per heavy atom. The normalized spacial score (nSPS) is 9.73. The fourth-order valence-electron chi connectivity index (χ4n) is 0.547. The Morgan fingerprint density at radius 1 is 1.27 bits per heavy atom. The number of likely N-dealkylation sites (N-methyl/N-ethyl adjacent to an activating group) is 1. The first kappa shape index (κ1) is 13.1. The highest BCUT2D eigenvalue weighted by atomic mass is 16.3. The summed E-state index contributed by atoms with van der Waals surface area (Å²) in [5.41, 5.74) is -1.23. The fraction of sp³-hybridized carbons (Fsp3) is 0.875. The molecule has 0 saturated carbocycles. The van der Waals surface area contributed by atoms with Gasteiger partial charge in [-0.25, -0.2) is 0 Å². The van der Waals surface area contributed by atoms with Gasteiger partial charge in [0.15, 0.2) is 0 Å². The summed E-state index contributed by atoms with van der Waals surface area (Å²) < 4.78 is 0. The zero-order valence-electron chi connectivity index (χ0n) is 8.30. The number of rotatable bonds is 1. The molecule has 0 aliphatic carbocycles. The number of nitrogens with zero attached hydrogens (tertiary/aromatic N) is 1. The minimum absolute atomic E-state index is 0.275. The van der Waals surface area contributed by atoms with Crippen LogP contribution in [0.1, 0.15) is 27.7 Å². The smallest absolute Gasteiger partial charge is 0.253 e. The van der Waals surface area contributed by atoms with Crippen LogP contribution in [-0.2, 0) is 4.79 Å². The number of aliphatic hydroxyl groups is 1. The second kappa shape index (κ2) is 5.13. The van der Waals surface area contributed by atoms with Crippen molar-refractivity contribution in [3.05, 3.63) is 0 Å². The molecule has 0 spiro atoms. The third kappa shape index (κ3) is 5.85. The Balaban J connectivity index is 0. The SMILES string of the molecule is CC.CN(C)C(=O)C(C)(C)O. The highest BCUT2D eigenvalue weighted by Gasteiger charge is 2.24. The standard InChI is InChI=1S/C6H13NO2.C2H6/c1-6(2,9)5(8)7(3)4;1-2/h9H,1-4H3;1-2H3. The molecule has 1 N–H and O–H groups in total. The summed E-state index contributed by atoms with van der Waals surface area (Å²) in [5, 5.41) is 9.07. The summed E-state index contributed by atoms with van der Waals surface area (Å²) >= 11 is 0. The molecule has 0 aliphatic heterocycles. The van der Waals surface area contributed by atoms with E-state index in [9.17, 15) is 4.79 Å². The first-order valence-corrected chi connectivity index (χ1v) is 3.80. The number of hydrogen-bond acceptors (Lipinski definition) is 2. The van der Waals surface area contributed by atoms with Crippen LogP contribution >= 0.6 is 0 Å². The van der Waals surface area contributed by atoms with Crippen LogP contribution in [-0.4, -0.2) is 35.6 Å². The van der Waals surface area contributed by atoms with E-state index >= 15 is 0 Å². The lowest BCUT2D eigenvalue weighted by atomic mass is 10.1. The Labute approximate surface area is 69.0 Å². The number of carbonyl (C=O) groups is 1. The van der Waals surface area contributed by atoms with Gasteiger partial charge in [-0.1, -0.05) is 13.8 Å². The zero-order chi connectivity index (χ0) is 9.65. The molecule has 0 saturated heterocycles. The molecule has 0 fully saturated rings. The van der Waals surface area contributed by atoms with Crippen molar-refractivity contribution in [2.75, 3.05) is 14.1 Å². The molecule has 0 aliphatic rings. The minimum atomic E-state index is -1.23. The van der Waals surface area contributed by atoms with Crippen LogP contribution < -0.4 is 0 Å². The van der Waals surface area contributed by atoms with Gasteiger partial charge >= 0.3 is 0 Å². The average Bonchev–Trinajstić information content (AvgIpc) is 1.89. The predicted octanol–water partition coefficient (Wildman–Crippen LogP) is 0.872. The second-order valence-corrected chi connectivity index (χ2v) is 2.76. The molecule has 0 aromatic carbocycles. The van der Waals surface area contributed by atoms with E-state index in [0.29, 0.717) is 0 Å². The molecule has 0 aromatic rings. The van der Waals surface area contributed by atoms with Crippen LogP contribution in [0.25, 0.3) is 0 Å². The Morgan fingerprint density at radius 3 is 1.55 bits per heavy atom. The molecular weight excluding hydrogens is 142 g/mol. The van der Waals surface area contributed by atoms with Crippen LogP contribution in [0.3, 0.4) is 0 Å². The first-order valence-electron chi connectivity index (χ1n) is 3.80.